The zero-order valence-corrected chi connectivity index (χ0v) is 12.7. The summed E-state index contributed by atoms with van der Waals surface area (Å²) in [5.74, 6) is -0.244. The van der Waals surface area contributed by atoms with Crippen LogP contribution in [0, 0.1) is 3.57 Å². The van der Waals surface area contributed by atoms with Gasteiger partial charge in [-0.05, 0) is 52.4 Å². The van der Waals surface area contributed by atoms with Crippen molar-refractivity contribution >= 4 is 34.5 Å². The highest BCUT2D eigenvalue weighted by molar-refractivity contribution is 14.1. The molecule has 0 aromatic heterocycles. The molecule has 0 spiro atoms. The first kappa shape index (κ1) is 15.6. The van der Waals surface area contributed by atoms with Crippen LogP contribution in [-0.2, 0) is 0 Å². The van der Waals surface area contributed by atoms with Crippen LogP contribution in [0.4, 0.5) is 18.9 Å². The quantitative estimate of drug-likeness (QED) is 0.456. The fraction of sp³-hybridized carbons (Fsp3) is 0.0714. The van der Waals surface area contributed by atoms with E-state index in [-0.39, 0.29) is 5.75 Å². The lowest BCUT2D eigenvalue weighted by Crippen LogP contribution is -2.17. The van der Waals surface area contributed by atoms with E-state index in [1.54, 1.807) is 28.7 Å². The molecule has 21 heavy (non-hydrogen) atoms. The van der Waals surface area contributed by atoms with Crippen molar-refractivity contribution in [3.8, 4) is 5.75 Å². The number of anilines is 1. The molecular formula is C14H10F3IN2O. The second kappa shape index (κ2) is 6.79. The van der Waals surface area contributed by atoms with Gasteiger partial charge in [0.2, 0.25) is 0 Å². The number of hydrogen-bond acceptors (Lipinski definition) is 3. The molecule has 2 rings (SSSR count). The molecule has 7 heteroatoms. The molecule has 0 radical (unpaired) electrons. The Balaban J connectivity index is 2.08. The summed E-state index contributed by atoms with van der Waals surface area (Å²) in [4.78, 5) is 0. The van der Waals surface area contributed by atoms with Crippen LogP contribution in [0.3, 0.4) is 0 Å². The molecule has 0 saturated heterocycles. The Labute approximate surface area is 133 Å². The summed E-state index contributed by atoms with van der Waals surface area (Å²) in [6.07, 6.45) is -3.29. The van der Waals surface area contributed by atoms with E-state index < -0.39 is 6.36 Å². The number of benzene rings is 2. The monoisotopic (exact) mass is 406 g/mol. The van der Waals surface area contributed by atoms with E-state index in [4.69, 9.17) is 0 Å². The van der Waals surface area contributed by atoms with Gasteiger partial charge in [-0.2, -0.15) is 5.10 Å². The second-order valence-corrected chi connectivity index (χ2v) is 5.14. The van der Waals surface area contributed by atoms with E-state index in [0.717, 1.165) is 5.69 Å². The van der Waals surface area contributed by atoms with Crippen molar-refractivity contribution in [3.05, 3.63) is 57.7 Å². The third-order valence-electron chi connectivity index (χ3n) is 2.36. The summed E-state index contributed by atoms with van der Waals surface area (Å²) in [5, 5.41) is 3.96. The summed E-state index contributed by atoms with van der Waals surface area (Å²) < 4.78 is 41.1. The molecule has 0 aliphatic carbocycles. The van der Waals surface area contributed by atoms with Gasteiger partial charge in [0.15, 0.2) is 0 Å². The second-order valence-electron chi connectivity index (χ2n) is 3.97. The molecule has 3 nitrogen and oxygen atoms in total. The standard InChI is InChI=1S/C14H10F3IN2O/c15-14(16,17)21-13-8-10(6-7-12(13)18)9-19-20-11-4-2-1-3-5-11/h1-9,20H. The zero-order valence-electron chi connectivity index (χ0n) is 10.6. The van der Waals surface area contributed by atoms with Crippen molar-refractivity contribution < 1.29 is 17.9 Å². The van der Waals surface area contributed by atoms with Gasteiger partial charge in [0, 0.05) is 0 Å². The lowest BCUT2D eigenvalue weighted by Gasteiger charge is -2.10. The van der Waals surface area contributed by atoms with Crippen molar-refractivity contribution in [2.45, 2.75) is 6.36 Å². The zero-order chi connectivity index (χ0) is 15.3. The number of nitrogens with one attached hydrogen (secondary N) is 1. The number of alkyl halides is 3. The van der Waals surface area contributed by atoms with E-state index >= 15 is 0 Å². The summed E-state index contributed by atoms with van der Waals surface area (Å²) in [6, 6.07) is 13.7. The number of hydrogen-bond donors (Lipinski definition) is 1. The minimum atomic E-state index is -4.71. The molecular weight excluding hydrogens is 396 g/mol. The van der Waals surface area contributed by atoms with Crippen LogP contribution in [0.1, 0.15) is 5.56 Å². The molecule has 2 aromatic rings. The van der Waals surface area contributed by atoms with Crippen LogP contribution < -0.4 is 10.2 Å². The topological polar surface area (TPSA) is 33.6 Å². The first-order chi connectivity index (χ1) is 9.94. The molecule has 0 amide bonds. The molecule has 0 atom stereocenters. The van der Waals surface area contributed by atoms with Crippen LogP contribution >= 0.6 is 22.6 Å². The Morgan fingerprint density at radius 1 is 1.10 bits per heavy atom. The minimum absolute atomic E-state index is 0.244. The van der Waals surface area contributed by atoms with Gasteiger partial charge in [0.1, 0.15) is 5.75 Å². The molecule has 0 fully saturated rings. The first-order valence-corrected chi connectivity index (χ1v) is 6.91. The highest BCUT2D eigenvalue weighted by Crippen LogP contribution is 2.28. The molecule has 2 aromatic carbocycles. The fourth-order valence-electron chi connectivity index (χ4n) is 1.50. The highest BCUT2D eigenvalue weighted by Gasteiger charge is 2.31. The molecule has 0 saturated carbocycles. The van der Waals surface area contributed by atoms with Crippen LogP contribution in [0.5, 0.6) is 5.75 Å². The molecule has 0 unspecified atom stereocenters. The van der Waals surface area contributed by atoms with Crippen molar-refractivity contribution in [1.82, 2.24) is 0 Å². The molecule has 0 aliphatic rings. The number of ether oxygens (including phenoxy) is 1. The van der Waals surface area contributed by atoms with Crippen molar-refractivity contribution in [1.29, 1.82) is 0 Å². The minimum Gasteiger partial charge on any atom is -0.405 e. The van der Waals surface area contributed by atoms with Gasteiger partial charge in [-0.1, -0.05) is 24.3 Å². The van der Waals surface area contributed by atoms with Gasteiger partial charge >= 0.3 is 6.36 Å². The third kappa shape index (κ3) is 5.25. The molecule has 0 bridgehead atoms. The Morgan fingerprint density at radius 2 is 1.81 bits per heavy atom. The van der Waals surface area contributed by atoms with Crippen molar-refractivity contribution in [3.63, 3.8) is 0 Å². The Bertz CT molecular complexity index is 630. The van der Waals surface area contributed by atoms with Gasteiger partial charge in [0.05, 0.1) is 15.5 Å². The Kier molecular flexibility index (Phi) is 5.05. The SMILES string of the molecule is FC(F)(F)Oc1cc(C=NNc2ccccc2)ccc1I. The lowest BCUT2D eigenvalue weighted by atomic mass is 10.2. The average Bonchev–Trinajstić information content (AvgIpc) is 2.42. The molecule has 110 valence electrons. The first-order valence-electron chi connectivity index (χ1n) is 5.83. The van der Waals surface area contributed by atoms with E-state index in [2.05, 4.69) is 15.3 Å². The Morgan fingerprint density at radius 3 is 2.48 bits per heavy atom. The summed E-state index contributed by atoms with van der Waals surface area (Å²) in [6.45, 7) is 0. The number of hydrazone groups is 1. The van der Waals surface area contributed by atoms with E-state index in [9.17, 15) is 13.2 Å². The number of nitrogens with zero attached hydrogens (tertiary/aromatic N) is 1. The normalized spacial score (nSPS) is 11.6. The van der Waals surface area contributed by atoms with Gasteiger partial charge in [0.25, 0.3) is 0 Å². The summed E-state index contributed by atoms with van der Waals surface area (Å²) in [7, 11) is 0. The average molecular weight is 406 g/mol. The van der Waals surface area contributed by atoms with Gasteiger partial charge < -0.3 is 4.74 Å². The maximum absolute atomic E-state index is 12.3. The number of rotatable bonds is 4. The smallest absolute Gasteiger partial charge is 0.405 e. The summed E-state index contributed by atoms with van der Waals surface area (Å²) >= 11 is 1.78. The van der Waals surface area contributed by atoms with Crippen molar-refractivity contribution in [2.75, 3.05) is 5.43 Å². The highest BCUT2D eigenvalue weighted by atomic mass is 127. The van der Waals surface area contributed by atoms with Crippen LogP contribution in [-0.4, -0.2) is 12.6 Å². The number of halogens is 4. The van der Waals surface area contributed by atoms with Gasteiger partial charge in [-0.25, -0.2) is 0 Å². The van der Waals surface area contributed by atoms with E-state index in [1.807, 2.05) is 30.3 Å². The van der Waals surface area contributed by atoms with Gasteiger partial charge in [-0.15, -0.1) is 13.2 Å². The summed E-state index contributed by atoms with van der Waals surface area (Å²) in [5.41, 5.74) is 4.06. The third-order valence-corrected chi connectivity index (χ3v) is 3.25. The van der Waals surface area contributed by atoms with Crippen LogP contribution in [0.15, 0.2) is 53.6 Å². The van der Waals surface area contributed by atoms with Crippen LogP contribution in [0.2, 0.25) is 0 Å². The maximum Gasteiger partial charge on any atom is 0.573 e. The predicted octanol–water partition coefficient (Wildman–Crippen LogP) is 4.64. The van der Waals surface area contributed by atoms with E-state index in [0.29, 0.717) is 9.13 Å². The Hall–Kier alpha value is -1.77. The molecule has 1 N–H and O–H groups in total. The maximum atomic E-state index is 12.3. The van der Waals surface area contributed by atoms with Gasteiger partial charge in [-0.3, -0.25) is 5.43 Å². The molecule has 0 aliphatic heterocycles. The lowest BCUT2D eigenvalue weighted by molar-refractivity contribution is -0.274. The largest absolute Gasteiger partial charge is 0.573 e. The molecule has 0 heterocycles. The fourth-order valence-corrected chi connectivity index (χ4v) is 1.94. The number of para-hydroxylation sites is 1. The predicted molar refractivity (Wildman–Crippen MR) is 83.5 cm³/mol. The van der Waals surface area contributed by atoms with Crippen LogP contribution in [0.25, 0.3) is 0 Å². The van der Waals surface area contributed by atoms with Crippen molar-refractivity contribution in [2.24, 2.45) is 5.10 Å². The van der Waals surface area contributed by atoms with E-state index in [1.165, 1.54) is 18.3 Å².